The van der Waals surface area contributed by atoms with Crippen LogP contribution in [0.5, 0.6) is 0 Å². The predicted octanol–water partition coefficient (Wildman–Crippen LogP) is 1.49. The Bertz CT molecular complexity index is 548. The van der Waals surface area contributed by atoms with Gasteiger partial charge in [-0.15, -0.1) is 0 Å². The van der Waals surface area contributed by atoms with Crippen LogP contribution < -0.4 is 5.56 Å². The minimum Gasteiger partial charge on any atom is -0.466 e. The Morgan fingerprint density at radius 3 is 2.71 bits per heavy atom. The Balaban J connectivity index is 0.000000209. The minimum absolute atomic E-state index is 0.163. The number of nitrogens with zero attached hydrogens (tertiary/aromatic N) is 1. The van der Waals surface area contributed by atoms with Crippen molar-refractivity contribution in [2.24, 2.45) is 0 Å². The van der Waals surface area contributed by atoms with Gasteiger partial charge in [0.25, 0.3) is 5.56 Å². The molecule has 0 fully saturated rings. The molecule has 0 aliphatic carbocycles. The molecule has 2 rings (SSSR count). The molecule has 1 aromatic carbocycles. The average Bonchev–Trinajstić information content (AvgIpc) is 2.29. The third kappa shape index (κ3) is 4.46. The summed E-state index contributed by atoms with van der Waals surface area (Å²) in [6.07, 6.45) is 1.28. The molecule has 0 atom stereocenters. The summed E-state index contributed by atoms with van der Waals surface area (Å²) < 4.78 is 4.40. The summed E-state index contributed by atoms with van der Waals surface area (Å²) in [5, 5.41) is 0. The van der Waals surface area contributed by atoms with Crippen LogP contribution in [0.15, 0.2) is 35.3 Å². The van der Waals surface area contributed by atoms with Crippen molar-refractivity contribution in [3.63, 3.8) is 0 Å². The number of esters is 1. The summed E-state index contributed by atoms with van der Waals surface area (Å²) in [6.45, 7) is 3.65. The van der Waals surface area contributed by atoms with Gasteiger partial charge in [-0.25, -0.2) is 4.98 Å². The van der Waals surface area contributed by atoms with Crippen molar-refractivity contribution in [3.8, 4) is 0 Å². The number of hydrogen-bond acceptors (Lipinski definition) is 4. The van der Waals surface area contributed by atoms with E-state index in [1.807, 2.05) is 24.3 Å². The van der Waals surface area contributed by atoms with Crippen LogP contribution in [0.25, 0.3) is 11.0 Å². The van der Waals surface area contributed by atoms with E-state index in [9.17, 15) is 9.59 Å². The smallest absolute Gasteiger partial charge is 0.302 e. The molecule has 90 valence electrons. The molecule has 0 amide bonds. The fourth-order valence-corrected chi connectivity index (χ4v) is 1.19. The lowest BCUT2D eigenvalue weighted by atomic mass is 10.3. The standard InChI is InChI=1S/C8H6N2O.C4H8O2/c11-8-5-9-6-3-1-2-4-7(6)10-8;1-3-6-4(2)5/h1-5H,(H,10,11);3H2,1-2H3. The van der Waals surface area contributed by atoms with E-state index in [1.165, 1.54) is 13.1 Å². The predicted molar refractivity (Wildman–Crippen MR) is 64.7 cm³/mol. The summed E-state index contributed by atoms with van der Waals surface area (Å²) in [4.78, 5) is 27.2. The number of nitrogens with one attached hydrogen (secondary N) is 1. The number of carbonyl (C=O) groups is 1. The number of aromatic amines is 1. The van der Waals surface area contributed by atoms with E-state index in [0.717, 1.165) is 11.0 Å². The maximum Gasteiger partial charge on any atom is 0.302 e. The Labute approximate surface area is 98.5 Å². The second kappa shape index (κ2) is 6.42. The quantitative estimate of drug-likeness (QED) is 0.759. The van der Waals surface area contributed by atoms with Crippen molar-refractivity contribution in [3.05, 3.63) is 40.8 Å². The number of ether oxygens (including phenoxy) is 1. The van der Waals surface area contributed by atoms with E-state index in [1.54, 1.807) is 6.92 Å². The van der Waals surface area contributed by atoms with Gasteiger partial charge in [-0.05, 0) is 19.1 Å². The lowest BCUT2D eigenvalue weighted by Crippen LogP contribution is -2.04. The summed E-state index contributed by atoms with van der Waals surface area (Å²) >= 11 is 0. The molecule has 0 saturated heterocycles. The number of carbonyl (C=O) groups excluding carboxylic acids is 1. The van der Waals surface area contributed by atoms with Crippen molar-refractivity contribution in [2.45, 2.75) is 13.8 Å². The minimum atomic E-state index is -0.211. The van der Waals surface area contributed by atoms with E-state index < -0.39 is 0 Å². The number of H-pyrrole nitrogens is 1. The van der Waals surface area contributed by atoms with Gasteiger partial charge in [-0.1, -0.05) is 12.1 Å². The molecule has 0 unspecified atom stereocenters. The molecular formula is C12H14N2O3. The molecule has 5 nitrogen and oxygen atoms in total. The second-order valence-electron chi connectivity index (χ2n) is 3.19. The van der Waals surface area contributed by atoms with Crippen molar-refractivity contribution in [1.82, 2.24) is 9.97 Å². The maximum atomic E-state index is 10.8. The highest BCUT2D eigenvalue weighted by atomic mass is 16.5. The lowest BCUT2D eigenvalue weighted by molar-refractivity contribution is -0.140. The summed E-state index contributed by atoms with van der Waals surface area (Å²) in [5.74, 6) is -0.211. The summed E-state index contributed by atoms with van der Waals surface area (Å²) in [5.41, 5.74) is 1.43. The largest absolute Gasteiger partial charge is 0.466 e. The second-order valence-corrected chi connectivity index (χ2v) is 3.19. The molecule has 0 aliphatic rings. The number of aromatic nitrogens is 2. The van der Waals surface area contributed by atoms with Gasteiger partial charge in [-0.3, -0.25) is 9.59 Å². The highest BCUT2D eigenvalue weighted by Gasteiger charge is 1.90. The van der Waals surface area contributed by atoms with E-state index in [2.05, 4.69) is 14.7 Å². The average molecular weight is 234 g/mol. The Hall–Kier alpha value is -2.17. The van der Waals surface area contributed by atoms with Gasteiger partial charge in [0.15, 0.2) is 0 Å². The third-order valence-electron chi connectivity index (χ3n) is 1.83. The van der Waals surface area contributed by atoms with Gasteiger partial charge >= 0.3 is 5.97 Å². The SMILES string of the molecule is CCOC(C)=O.O=c1cnc2ccccc2[nH]1. The van der Waals surface area contributed by atoms with Gasteiger partial charge in [0.1, 0.15) is 0 Å². The third-order valence-corrected chi connectivity index (χ3v) is 1.83. The van der Waals surface area contributed by atoms with E-state index in [-0.39, 0.29) is 11.5 Å². The number of hydrogen-bond donors (Lipinski definition) is 1. The summed E-state index contributed by atoms with van der Waals surface area (Å²) in [7, 11) is 0. The number of fused-ring (bicyclic) bond motifs is 1. The monoisotopic (exact) mass is 234 g/mol. The Morgan fingerprint density at radius 1 is 1.41 bits per heavy atom. The normalized spacial score (nSPS) is 9.29. The fourth-order valence-electron chi connectivity index (χ4n) is 1.19. The van der Waals surface area contributed by atoms with Crippen molar-refractivity contribution >= 4 is 17.0 Å². The highest BCUT2D eigenvalue weighted by Crippen LogP contribution is 2.02. The zero-order chi connectivity index (χ0) is 12.7. The van der Waals surface area contributed by atoms with Crippen LogP contribution in [0.2, 0.25) is 0 Å². The molecule has 0 bridgehead atoms. The van der Waals surface area contributed by atoms with Crippen LogP contribution in [0.1, 0.15) is 13.8 Å². The van der Waals surface area contributed by atoms with Gasteiger partial charge < -0.3 is 9.72 Å². The molecule has 1 N–H and O–H groups in total. The van der Waals surface area contributed by atoms with Crippen LogP contribution in [0.3, 0.4) is 0 Å². The van der Waals surface area contributed by atoms with Crippen molar-refractivity contribution in [2.75, 3.05) is 6.61 Å². The van der Waals surface area contributed by atoms with Crippen LogP contribution in [-0.4, -0.2) is 22.5 Å². The van der Waals surface area contributed by atoms with Gasteiger partial charge in [0.05, 0.1) is 23.8 Å². The molecule has 0 spiro atoms. The maximum absolute atomic E-state index is 10.8. The van der Waals surface area contributed by atoms with Gasteiger partial charge in [-0.2, -0.15) is 0 Å². The molecule has 2 aromatic rings. The van der Waals surface area contributed by atoms with Crippen LogP contribution in [0.4, 0.5) is 0 Å². The van der Waals surface area contributed by atoms with E-state index >= 15 is 0 Å². The first-order chi connectivity index (χ1) is 8.13. The summed E-state index contributed by atoms with van der Waals surface area (Å²) in [6, 6.07) is 7.42. The topological polar surface area (TPSA) is 72.1 Å². The Kier molecular flexibility index (Phi) is 4.87. The van der Waals surface area contributed by atoms with Crippen molar-refractivity contribution in [1.29, 1.82) is 0 Å². The van der Waals surface area contributed by atoms with Crippen LogP contribution in [0, 0.1) is 0 Å². The molecule has 1 heterocycles. The number of benzene rings is 1. The fraction of sp³-hybridized carbons (Fsp3) is 0.250. The van der Waals surface area contributed by atoms with Gasteiger partial charge in [0.2, 0.25) is 0 Å². The first kappa shape index (κ1) is 12.9. The molecule has 5 heteroatoms. The highest BCUT2D eigenvalue weighted by molar-refractivity contribution is 5.72. The van der Waals surface area contributed by atoms with Crippen molar-refractivity contribution < 1.29 is 9.53 Å². The first-order valence-electron chi connectivity index (χ1n) is 5.21. The Morgan fingerprint density at radius 2 is 2.12 bits per heavy atom. The van der Waals surface area contributed by atoms with Crippen LogP contribution in [-0.2, 0) is 9.53 Å². The molecular weight excluding hydrogens is 220 g/mol. The van der Waals surface area contributed by atoms with E-state index in [4.69, 9.17) is 0 Å². The van der Waals surface area contributed by atoms with Gasteiger partial charge in [0, 0.05) is 6.92 Å². The zero-order valence-electron chi connectivity index (χ0n) is 9.77. The number of para-hydroxylation sites is 2. The first-order valence-corrected chi connectivity index (χ1v) is 5.21. The van der Waals surface area contributed by atoms with E-state index in [0.29, 0.717) is 6.61 Å². The molecule has 0 radical (unpaired) electrons. The lowest BCUT2D eigenvalue weighted by Gasteiger charge is -1.92. The van der Waals surface area contributed by atoms with Crippen LogP contribution >= 0.6 is 0 Å². The zero-order valence-corrected chi connectivity index (χ0v) is 9.77. The number of rotatable bonds is 1. The molecule has 1 aromatic heterocycles. The molecule has 17 heavy (non-hydrogen) atoms. The molecule has 0 saturated carbocycles. The molecule has 0 aliphatic heterocycles.